The van der Waals surface area contributed by atoms with E-state index in [0.29, 0.717) is 12.2 Å². The molecule has 0 aromatic heterocycles. The number of rotatable bonds is 4. The van der Waals surface area contributed by atoms with Crippen LogP contribution in [-0.4, -0.2) is 5.75 Å². The Morgan fingerprint density at radius 3 is 2.53 bits per heavy atom. The molecule has 80 valence electrons. The fourth-order valence-corrected chi connectivity index (χ4v) is 1.79. The van der Waals surface area contributed by atoms with Crippen LogP contribution in [0.15, 0.2) is 18.2 Å². The van der Waals surface area contributed by atoms with Crippen molar-refractivity contribution in [3.05, 3.63) is 35.4 Å². The van der Waals surface area contributed by atoms with Crippen molar-refractivity contribution in [2.24, 2.45) is 5.92 Å². The summed E-state index contributed by atoms with van der Waals surface area (Å²) in [7, 11) is 0. The van der Waals surface area contributed by atoms with Crippen LogP contribution in [0.25, 0.3) is 0 Å². The minimum Gasteiger partial charge on any atom is -0.207 e. The molecule has 1 unspecified atom stereocenters. The van der Waals surface area contributed by atoms with Crippen LogP contribution in [0.2, 0.25) is 0 Å². The Hall–Kier alpha value is -1.08. The van der Waals surface area contributed by atoms with Gasteiger partial charge in [-0.3, -0.25) is 0 Å². The van der Waals surface area contributed by atoms with Gasteiger partial charge in [0.05, 0.1) is 0 Å². The highest BCUT2D eigenvalue weighted by molar-refractivity contribution is 8.03. The zero-order valence-electron chi connectivity index (χ0n) is 8.34. The molecule has 0 bridgehead atoms. The lowest BCUT2D eigenvalue weighted by molar-refractivity contribution is 0.528. The monoisotopic (exact) mass is 227 g/mol. The number of hydrogen-bond donors (Lipinski definition) is 0. The zero-order valence-corrected chi connectivity index (χ0v) is 9.15. The van der Waals surface area contributed by atoms with Crippen molar-refractivity contribution < 1.29 is 8.78 Å². The van der Waals surface area contributed by atoms with Crippen LogP contribution in [0.5, 0.6) is 0 Å². The number of hydrogen-bond acceptors (Lipinski definition) is 2. The summed E-state index contributed by atoms with van der Waals surface area (Å²) in [6, 6.07) is 3.86. The first kappa shape index (κ1) is 12.0. The molecule has 0 fully saturated rings. The molecular weight excluding hydrogens is 216 g/mol. The highest BCUT2D eigenvalue weighted by atomic mass is 32.2. The summed E-state index contributed by atoms with van der Waals surface area (Å²) in [5, 5.41) is 10.3. The maximum absolute atomic E-state index is 13.2. The van der Waals surface area contributed by atoms with Gasteiger partial charge in [0.25, 0.3) is 0 Å². The molecule has 1 nitrogen and oxygen atoms in total. The molecule has 0 saturated carbocycles. The van der Waals surface area contributed by atoms with Crippen molar-refractivity contribution in [3.8, 4) is 5.40 Å². The van der Waals surface area contributed by atoms with Crippen LogP contribution in [0.3, 0.4) is 0 Å². The predicted molar refractivity (Wildman–Crippen MR) is 57.3 cm³/mol. The molecular formula is C11H11F2NS. The third kappa shape index (κ3) is 3.52. The van der Waals surface area contributed by atoms with Crippen LogP contribution < -0.4 is 0 Å². The van der Waals surface area contributed by atoms with Gasteiger partial charge >= 0.3 is 0 Å². The van der Waals surface area contributed by atoms with Gasteiger partial charge in [0.15, 0.2) is 0 Å². The second kappa shape index (κ2) is 5.72. The summed E-state index contributed by atoms with van der Waals surface area (Å²) < 4.78 is 26.4. The van der Waals surface area contributed by atoms with Crippen molar-refractivity contribution in [2.45, 2.75) is 13.3 Å². The van der Waals surface area contributed by atoms with Gasteiger partial charge in [-0.1, -0.05) is 13.0 Å². The van der Waals surface area contributed by atoms with E-state index in [0.717, 1.165) is 11.8 Å². The molecule has 0 aliphatic rings. The molecule has 0 aliphatic carbocycles. The van der Waals surface area contributed by atoms with Gasteiger partial charge in [0, 0.05) is 11.3 Å². The second-order valence-corrected chi connectivity index (χ2v) is 4.22. The number of thiocyanates is 1. The standard InChI is InChI=1S/C11H11F2NS/c1-8(6-15-7-14)5-9-10(12)3-2-4-11(9)13/h2-4,8H,5-6H2,1H3. The molecule has 15 heavy (non-hydrogen) atoms. The fourth-order valence-electron chi connectivity index (χ4n) is 1.31. The number of nitriles is 1. The minimum absolute atomic E-state index is 0.0843. The molecule has 0 aliphatic heterocycles. The van der Waals surface area contributed by atoms with Crippen LogP contribution in [0.1, 0.15) is 12.5 Å². The van der Waals surface area contributed by atoms with E-state index in [1.165, 1.54) is 18.2 Å². The molecule has 0 heterocycles. The largest absolute Gasteiger partial charge is 0.207 e. The van der Waals surface area contributed by atoms with E-state index in [9.17, 15) is 8.78 Å². The van der Waals surface area contributed by atoms with Crippen molar-refractivity contribution in [1.29, 1.82) is 5.26 Å². The smallest absolute Gasteiger partial charge is 0.133 e. The Balaban J connectivity index is 2.68. The quantitative estimate of drug-likeness (QED) is 0.736. The summed E-state index contributed by atoms with van der Waals surface area (Å²) >= 11 is 1.11. The number of thioether (sulfide) groups is 1. The van der Waals surface area contributed by atoms with Crippen LogP contribution in [0.4, 0.5) is 8.78 Å². The lowest BCUT2D eigenvalue weighted by Gasteiger charge is -2.10. The van der Waals surface area contributed by atoms with Gasteiger partial charge in [-0.2, -0.15) is 5.26 Å². The van der Waals surface area contributed by atoms with E-state index in [2.05, 4.69) is 0 Å². The first-order valence-electron chi connectivity index (χ1n) is 4.59. The Kier molecular flexibility index (Phi) is 4.57. The van der Waals surface area contributed by atoms with Crippen molar-refractivity contribution >= 4 is 11.8 Å². The minimum atomic E-state index is -0.510. The van der Waals surface area contributed by atoms with Crippen molar-refractivity contribution in [2.75, 3.05) is 5.75 Å². The van der Waals surface area contributed by atoms with E-state index in [4.69, 9.17) is 5.26 Å². The third-order valence-corrected chi connectivity index (χ3v) is 2.91. The average molecular weight is 227 g/mol. The topological polar surface area (TPSA) is 23.8 Å². The van der Waals surface area contributed by atoms with Gasteiger partial charge in [-0.25, -0.2) is 8.78 Å². The van der Waals surface area contributed by atoms with Crippen molar-refractivity contribution in [3.63, 3.8) is 0 Å². The molecule has 0 saturated heterocycles. The third-order valence-electron chi connectivity index (χ3n) is 2.05. The number of benzene rings is 1. The SMILES string of the molecule is CC(CSC#N)Cc1c(F)cccc1F. The lowest BCUT2D eigenvalue weighted by atomic mass is 10.0. The molecule has 0 N–H and O–H groups in total. The first-order valence-corrected chi connectivity index (χ1v) is 5.57. The summed E-state index contributed by atoms with van der Waals surface area (Å²) in [6.07, 6.45) is 0.327. The van der Waals surface area contributed by atoms with E-state index >= 15 is 0 Å². The van der Waals surface area contributed by atoms with E-state index in [1.807, 2.05) is 12.3 Å². The van der Waals surface area contributed by atoms with E-state index in [1.54, 1.807) is 0 Å². The van der Waals surface area contributed by atoms with E-state index in [-0.39, 0.29) is 11.5 Å². The van der Waals surface area contributed by atoms with Gasteiger partial charge < -0.3 is 0 Å². The summed E-state index contributed by atoms with van der Waals surface area (Å²) in [6.45, 7) is 1.87. The maximum Gasteiger partial charge on any atom is 0.133 e. The summed E-state index contributed by atoms with van der Waals surface area (Å²) in [5.74, 6) is -0.349. The Morgan fingerprint density at radius 2 is 2.00 bits per heavy atom. The number of nitrogens with zero attached hydrogens (tertiary/aromatic N) is 1. The number of halogens is 2. The van der Waals surface area contributed by atoms with Crippen LogP contribution in [0, 0.1) is 28.2 Å². The zero-order chi connectivity index (χ0) is 11.3. The molecule has 4 heteroatoms. The van der Waals surface area contributed by atoms with Crippen LogP contribution in [-0.2, 0) is 6.42 Å². The Labute approximate surface area is 92.1 Å². The van der Waals surface area contributed by atoms with E-state index < -0.39 is 11.6 Å². The molecule has 0 amide bonds. The normalized spacial score (nSPS) is 12.1. The molecule has 0 radical (unpaired) electrons. The highest BCUT2D eigenvalue weighted by Crippen LogP contribution is 2.18. The molecule has 0 spiro atoms. The summed E-state index contributed by atoms with van der Waals surface area (Å²) in [4.78, 5) is 0. The van der Waals surface area contributed by atoms with Gasteiger partial charge in [-0.05, 0) is 36.2 Å². The van der Waals surface area contributed by atoms with Crippen molar-refractivity contribution in [1.82, 2.24) is 0 Å². The maximum atomic E-state index is 13.2. The Bertz CT molecular complexity index is 353. The predicted octanol–water partition coefficient (Wildman–Crippen LogP) is 3.36. The fraction of sp³-hybridized carbons (Fsp3) is 0.364. The second-order valence-electron chi connectivity index (χ2n) is 3.41. The molecule has 1 aromatic carbocycles. The Morgan fingerprint density at radius 1 is 1.40 bits per heavy atom. The van der Waals surface area contributed by atoms with Gasteiger partial charge in [0.2, 0.25) is 0 Å². The average Bonchev–Trinajstić information content (AvgIpc) is 2.21. The first-order chi connectivity index (χ1) is 7.15. The molecule has 1 atom stereocenters. The molecule has 1 aromatic rings. The van der Waals surface area contributed by atoms with Gasteiger partial charge in [0.1, 0.15) is 17.0 Å². The van der Waals surface area contributed by atoms with Crippen LogP contribution >= 0.6 is 11.8 Å². The lowest BCUT2D eigenvalue weighted by Crippen LogP contribution is -2.06. The summed E-state index contributed by atoms with van der Waals surface area (Å²) in [5.41, 5.74) is 0.114. The highest BCUT2D eigenvalue weighted by Gasteiger charge is 2.12. The van der Waals surface area contributed by atoms with Gasteiger partial charge in [-0.15, -0.1) is 0 Å². The molecule has 1 rings (SSSR count).